The lowest BCUT2D eigenvalue weighted by atomic mass is 9.99. The van der Waals surface area contributed by atoms with E-state index in [0.29, 0.717) is 57.5 Å². The normalized spacial score (nSPS) is 19.1. The molecule has 1 amide bonds. The van der Waals surface area contributed by atoms with Crippen LogP contribution in [0.4, 0.5) is 15.9 Å². The Morgan fingerprint density at radius 1 is 1.07 bits per heavy atom. The van der Waals surface area contributed by atoms with Gasteiger partial charge in [0.1, 0.15) is 36.1 Å². The molecule has 45 heavy (non-hydrogen) atoms. The molecule has 2 aliphatic rings. The summed E-state index contributed by atoms with van der Waals surface area (Å²) in [5, 5.41) is 7.88. The molecule has 3 aromatic heterocycles. The Bertz CT molecular complexity index is 1910. The molecule has 0 spiro atoms. The molecule has 5 heterocycles. The number of hydrogen-bond donors (Lipinski definition) is 1. The lowest BCUT2D eigenvalue weighted by molar-refractivity contribution is -0.131. The first-order valence-electron chi connectivity index (χ1n) is 15.0. The summed E-state index contributed by atoms with van der Waals surface area (Å²) < 4.78 is 35.8. The van der Waals surface area contributed by atoms with Crippen LogP contribution < -0.4 is 19.5 Å². The predicted molar refractivity (Wildman–Crippen MR) is 166 cm³/mol. The summed E-state index contributed by atoms with van der Waals surface area (Å²) in [6.07, 6.45) is 9.26. The van der Waals surface area contributed by atoms with Crippen molar-refractivity contribution < 1.29 is 23.4 Å². The molecule has 230 valence electrons. The average molecular weight is 610 g/mol. The number of hydrogen-bond acceptors (Lipinski definition) is 9. The zero-order valence-corrected chi connectivity index (χ0v) is 24.9. The van der Waals surface area contributed by atoms with Crippen LogP contribution in [0.1, 0.15) is 38.2 Å². The fourth-order valence-corrected chi connectivity index (χ4v) is 6.38. The molecule has 2 aliphatic heterocycles. The summed E-state index contributed by atoms with van der Waals surface area (Å²) >= 11 is 0. The van der Waals surface area contributed by atoms with E-state index in [0.717, 1.165) is 25.7 Å². The van der Waals surface area contributed by atoms with Crippen molar-refractivity contribution in [3.05, 3.63) is 79.3 Å². The number of halogens is 1. The van der Waals surface area contributed by atoms with Crippen LogP contribution in [0.15, 0.2) is 67.9 Å². The van der Waals surface area contributed by atoms with E-state index < -0.39 is 5.82 Å². The summed E-state index contributed by atoms with van der Waals surface area (Å²) in [5.41, 5.74) is 1.81. The SMILES string of the molecule is C=CC(=O)N1C2CCC1CC(Oc1cc3c(Nc4ccc(Oc5ccn6ncnc6c5)c(C)c4F)ncnc3cc1OCC)C2. The summed E-state index contributed by atoms with van der Waals surface area (Å²) in [4.78, 5) is 27.4. The van der Waals surface area contributed by atoms with Gasteiger partial charge in [0.05, 0.1) is 17.8 Å². The number of pyridine rings is 1. The van der Waals surface area contributed by atoms with Crippen LogP contribution in [0.3, 0.4) is 0 Å². The minimum absolute atomic E-state index is 0.0232. The topological polar surface area (TPSA) is 116 Å². The Labute approximate surface area is 258 Å². The van der Waals surface area contributed by atoms with Crippen molar-refractivity contribution in [2.24, 2.45) is 0 Å². The molecular formula is C33H32FN7O4. The number of carbonyl (C=O) groups is 1. The number of fused-ring (bicyclic) bond motifs is 4. The molecule has 7 rings (SSSR count). The minimum atomic E-state index is -0.471. The van der Waals surface area contributed by atoms with Gasteiger partial charge in [0, 0.05) is 54.2 Å². The van der Waals surface area contributed by atoms with E-state index in [2.05, 4.69) is 31.9 Å². The van der Waals surface area contributed by atoms with Crippen LogP contribution in [-0.4, -0.2) is 60.2 Å². The maximum absolute atomic E-state index is 15.7. The van der Waals surface area contributed by atoms with E-state index in [1.54, 1.807) is 41.9 Å². The monoisotopic (exact) mass is 609 g/mol. The molecule has 0 saturated carbocycles. The molecular weight excluding hydrogens is 577 g/mol. The average Bonchev–Trinajstić information content (AvgIpc) is 3.62. The maximum atomic E-state index is 15.7. The largest absolute Gasteiger partial charge is 0.490 e. The summed E-state index contributed by atoms with van der Waals surface area (Å²) in [5.74, 6) is 1.94. The molecule has 2 unspecified atom stereocenters. The number of ether oxygens (including phenoxy) is 3. The highest BCUT2D eigenvalue weighted by atomic mass is 19.1. The van der Waals surface area contributed by atoms with E-state index in [-0.39, 0.29) is 29.8 Å². The van der Waals surface area contributed by atoms with Crippen molar-refractivity contribution in [3.63, 3.8) is 0 Å². The van der Waals surface area contributed by atoms with Crippen molar-refractivity contribution in [2.75, 3.05) is 11.9 Å². The molecule has 5 aromatic rings. The maximum Gasteiger partial charge on any atom is 0.246 e. The van der Waals surface area contributed by atoms with Gasteiger partial charge >= 0.3 is 0 Å². The minimum Gasteiger partial charge on any atom is -0.490 e. The molecule has 2 fully saturated rings. The summed E-state index contributed by atoms with van der Waals surface area (Å²) in [6, 6.07) is 10.7. The van der Waals surface area contributed by atoms with Gasteiger partial charge in [-0.1, -0.05) is 6.58 Å². The Balaban J connectivity index is 1.15. The van der Waals surface area contributed by atoms with Gasteiger partial charge in [-0.15, -0.1) is 0 Å². The molecule has 1 N–H and O–H groups in total. The third-order valence-corrected chi connectivity index (χ3v) is 8.48. The fraction of sp³-hybridized carbons (Fsp3) is 0.303. The second-order valence-electron chi connectivity index (χ2n) is 11.2. The van der Waals surface area contributed by atoms with Crippen molar-refractivity contribution in [1.82, 2.24) is 29.5 Å². The third kappa shape index (κ3) is 5.36. The zero-order valence-electron chi connectivity index (χ0n) is 24.9. The van der Waals surface area contributed by atoms with Crippen molar-refractivity contribution in [1.29, 1.82) is 0 Å². The Morgan fingerprint density at radius 2 is 1.89 bits per heavy atom. The number of amides is 1. The first-order chi connectivity index (χ1) is 21.9. The van der Waals surface area contributed by atoms with Gasteiger partial charge in [-0.25, -0.2) is 23.9 Å². The Kier molecular flexibility index (Phi) is 7.40. The highest BCUT2D eigenvalue weighted by Gasteiger charge is 2.43. The van der Waals surface area contributed by atoms with Gasteiger partial charge in [0.25, 0.3) is 0 Å². The van der Waals surface area contributed by atoms with Gasteiger partial charge < -0.3 is 24.4 Å². The molecule has 0 aliphatic carbocycles. The first kappa shape index (κ1) is 28.5. The number of piperidine rings is 1. The highest BCUT2D eigenvalue weighted by Crippen LogP contribution is 2.41. The molecule has 2 atom stereocenters. The Hall–Kier alpha value is -5.26. The van der Waals surface area contributed by atoms with E-state index in [1.807, 2.05) is 24.0 Å². The van der Waals surface area contributed by atoms with Crippen LogP contribution >= 0.6 is 0 Å². The van der Waals surface area contributed by atoms with Gasteiger partial charge in [0.2, 0.25) is 5.91 Å². The molecule has 2 aromatic carbocycles. The molecule has 2 saturated heterocycles. The predicted octanol–water partition coefficient (Wildman–Crippen LogP) is 6.14. The third-order valence-electron chi connectivity index (χ3n) is 8.48. The molecule has 12 heteroatoms. The van der Waals surface area contributed by atoms with Gasteiger partial charge in [-0.3, -0.25) is 4.79 Å². The van der Waals surface area contributed by atoms with Crippen LogP contribution in [-0.2, 0) is 4.79 Å². The first-order valence-corrected chi connectivity index (χ1v) is 15.0. The van der Waals surface area contributed by atoms with Crippen LogP contribution in [0.5, 0.6) is 23.0 Å². The van der Waals surface area contributed by atoms with Crippen molar-refractivity contribution in [3.8, 4) is 23.0 Å². The standard InChI is InChI=1S/C33H32FN7O4/c1-4-31(42)41-20-6-7-21(41)13-23(12-20)45-29-15-24-26(16-28(29)43-5-2)35-17-37-33(24)39-25-8-9-27(19(3)32(25)34)44-22-10-11-40-30(14-22)36-18-38-40/h4,8-11,14-18,20-21,23H,1,5-7,12-13H2,2-3H3,(H,35,37,39). The van der Waals surface area contributed by atoms with E-state index >= 15 is 4.39 Å². The van der Waals surface area contributed by atoms with Gasteiger partial charge in [0.15, 0.2) is 23.0 Å². The number of carbonyl (C=O) groups excluding carboxylic acids is 1. The van der Waals surface area contributed by atoms with Crippen molar-refractivity contribution >= 4 is 34.0 Å². The van der Waals surface area contributed by atoms with Crippen LogP contribution in [0.2, 0.25) is 0 Å². The van der Waals surface area contributed by atoms with E-state index in [9.17, 15) is 4.79 Å². The number of anilines is 2. The Morgan fingerprint density at radius 3 is 2.67 bits per heavy atom. The van der Waals surface area contributed by atoms with Gasteiger partial charge in [-0.2, -0.15) is 5.10 Å². The van der Waals surface area contributed by atoms with E-state index in [4.69, 9.17) is 14.2 Å². The lowest BCUT2D eigenvalue weighted by Gasteiger charge is -2.38. The molecule has 2 bridgehead atoms. The van der Waals surface area contributed by atoms with E-state index in [1.165, 1.54) is 18.7 Å². The number of benzene rings is 2. The number of aromatic nitrogens is 5. The fourth-order valence-electron chi connectivity index (χ4n) is 6.38. The van der Waals surface area contributed by atoms with Crippen LogP contribution in [0.25, 0.3) is 16.6 Å². The summed E-state index contributed by atoms with van der Waals surface area (Å²) in [6.45, 7) is 7.68. The zero-order chi connectivity index (χ0) is 31.1. The lowest BCUT2D eigenvalue weighted by Crippen LogP contribution is -2.48. The highest BCUT2D eigenvalue weighted by molar-refractivity contribution is 5.93. The second kappa shape index (κ2) is 11.7. The second-order valence-corrected chi connectivity index (χ2v) is 11.2. The molecule has 11 nitrogen and oxygen atoms in total. The number of rotatable bonds is 9. The van der Waals surface area contributed by atoms with Gasteiger partial charge in [-0.05, 0) is 57.0 Å². The van der Waals surface area contributed by atoms with Crippen molar-refractivity contribution in [2.45, 2.75) is 57.7 Å². The quantitative estimate of drug-likeness (QED) is 0.197. The van der Waals surface area contributed by atoms with Crippen LogP contribution in [0, 0.1) is 12.7 Å². The number of nitrogens with zero attached hydrogens (tertiary/aromatic N) is 6. The molecule has 0 radical (unpaired) electrons. The number of nitrogens with one attached hydrogen (secondary N) is 1. The smallest absolute Gasteiger partial charge is 0.246 e. The summed E-state index contributed by atoms with van der Waals surface area (Å²) in [7, 11) is 0.